The molecular formula is C36H26F2N4O11. The number of carbonyl (C=O) groups excluding carboxylic acids is 1. The van der Waals surface area contributed by atoms with Crippen LogP contribution in [0.5, 0.6) is 5.75 Å². The number of fused-ring (bicyclic) bond motifs is 2. The average molecular weight is 729 g/mol. The first-order valence-electron chi connectivity index (χ1n) is 15.9. The van der Waals surface area contributed by atoms with Crippen molar-refractivity contribution in [3.05, 3.63) is 155 Å². The van der Waals surface area contributed by atoms with Crippen LogP contribution in [0.3, 0.4) is 0 Å². The van der Waals surface area contributed by atoms with Gasteiger partial charge in [-0.25, -0.2) is 28.0 Å². The molecule has 4 heterocycles. The molecule has 1 atom stereocenters. The van der Waals surface area contributed by atoms with Crippen LogP contribution in [0.25, 0.3) is 22.3 Å². The second-order valence-corrected chi connectivity index (χ2v) is 11.7. The van der Waals surface area contributed by atoms with Crippen molar-refractivity contribution in [3.8, 4) is 5.75 Å². The fourth-order valence-corrected chi connectivity index (χ4v) is 6.06. The predicted octanol–water partition coefficient (Wildman–Crippen LogP) is 3.74. The summed E-state index contributed by atoms with van der Waals surface area (Å²) in [6.45, 7) is 1.94. The lowest BCUT2D eigenvalue weighted by Crippen LogP contribution is -2.47. The van der Waals surface area contributed by atoms with Gasteiger partial charge in [0.2, 0.25) is 34.4 Å². The highest BCUT2D eigenvalue weighted by molar-refractivity contribution is 6.20. The van der Waals surface area contributed by atoms with Crippen LogP contribution in [0.1, 0.15) is 39.2 Å². The minimum absolute atomic E-state index is 0.00277. The van der Waals surface area contributed by atoms with Crippen molar-refractivity contribution in [2.75, 3.05) is 33.3 Å². The van der Waals surface area contributed by atoms with Crippen LogP contribution in [-0.4, -0.2) is 59.0 Å². The number of methoxy groups -OCH3 is 1. The molecule has 0 bridgehead atoms. The SMILES string of the molecule is COc1c2oc(=O)ccc(=O)oc2c(C(=O)c2noc(CN3CCN(C(c4ccccc4)c4ccc(F)cc4F)CC3)n2)c2oc(=O)ccc(=O)oc12. The summed E-state index contributed by atoms with van der Waals surface area (Å²) < 4.78 is 60.8. The van der Waals surface area contributed by atoms with E-state index in [4.69, 9.17) is 26.9 Å². The maximum Gasteiger partial charge on any atom is 0.336 e. The first kappa shape index (κ1) is 34.8. The van der Waals surface area contributed by atoms with Gasteiger partial charge in [0.05, 0.1) is 19.7 Å². The van der Waals surface area contributed by atoms with Gasteiger partial charge in [-0.05, 0) is 11.6 Å². The van der Waals surface area contributed by atoms with E-state index in [2.05, 4.69) is 15.0 Å². The number of hydrogen-bond acceptors (Lipinski definition) is 15. The predicted molar refractivity (Wildman–Crippen MR) is 179 cm³/mol. The third kappa shape index (κ3) is 7.15. The van der Waals surface area contributed by atoms with Crippen molar-refractivity contribution in [2.24, 2.45) is 0 Å². The topological polar surface area (TPSA) is 193 Å². The summed E-state index contributed by atoms with van der Waals surface area (Å²) in [5.41, 5.74) is -6.63. The number of nitrogens with zero attached hydrogens (tertiary/aromatic N) is 4. The third-order valence-electron chi connectivity index (χ3n) is 8.41. The van der Waals surface area contributed by atoms with Crippen molar-refractivity contribution in [1.29, 1.82) is 0 Å². The molecule has 0 radical (unpaired) electrons. The van der Waals surface area contributed by atoms with Gasteiger partial charge < -0.3 is 26.9 Å². The highest BCUT2D eigenvalue weighted by Gasteiger charge is 2.32. The number of ether oxygens (including phenoxy) is 1. The summed E-state index contributed by atoms with van der Waals surface area (Å²) in [6, 6.07) is 15.3. The monoisotopic (exact) mass is 728 g/mol. The minimum Gasteiger partial charge on any atom is -0.490 e. The van der Waals surface area contributed by atoms with Crippen molar-refractivity contribution in [3.63, 3.8) is 0 Å². The van der Waals surface area contributed by atoms with E-state index in [0.29, 0.717) is 31.7 Å². The van der Waals surface area contributed by atoms with Gasteiger partial charge in [-0.15, -0.1) is 0 Å². The number of aromatic nitrogens is 2. The molecule has 1 aliphatic heterocycles. The lowest BCUT2D eigenvalue weighted by Gasteiger charge is -2.39. The molecule has 0 aliphatic carbocycles. The van der Waals surface area contributed by atoms with E-state index in [0.717, 1.165) is 43.0 Å². The van der Waals surface area contributed by atoms with Crippen molar-refractivity contribution < 1.29 is 40.5 Å². The molecule has 3 aromatic heterocycles. The molecule has 3 aromatic carbocycles. The zero-order chi connectivity index (χ0) is 37.2. The smallest absolute Gasteiger partial charge is 0.336 e. The Morgan fingerprint density at radius 1 is 0.774 bits per heavy atom. The summed E-state index contributed by atoms with van der Waals surface area (Å²) in [5.74, 6) is -3.55. The van der Waals surface area contributed by atoms with Crippen molar-refractivity contribution in [1.82, 2.24) is 19.9 Å². The first-order chi connectivity index (χ1) is 25.6. The zero-order valence-electron chi connectivity index (χ0n) is 27.6. The number of ketones is 1. The van der Waals surface area contributed by atoms with Gasteiger partial charge in [0, 0.05) is 62.1 Å². The molecule has 1 saturated heterocycles. The molecule has 15 nitrogen and oxygen atoms in total. The lowest BCUT2D eigenvalue weighted by molar-refractivity contribution is 0.0955. The van der Waals surface area contributed by atoms with Crippen molar-refractivity contribution in [2.45, 2.75) is 12.6 Å². The van der Waals surface area contributed by atoms with E-state index < -0.39 is 85.4 Å². The fraction of sp³-hybridized carbons (Fsp3) is 0.194. The number of rotatable bonds is 8. The van der Waals surface area contributed by atoms with E-state index in [9.17, 15) is 28.4 Å². The summed E-state index contributed by atoms with van der Waals surface area (Å²) in [7, 11) is 1.10. The normalized spacial score (nSPS) is 14.2. The van der Waals surface area contributed by atoms with Crippen molar-refractivity contribution >= 4 is 28.1 Å². The van der Waals surface area contributed by atoms with Gasteiger partial charge >= 0.3 is 22.5 Å². The molecule has 270 valence electrons. The number of halogens is 2. The van der Waals surface area contributed by atoms with Gasteiger partial charge in [-0.3, -0.25) is 14.6 Å². The summed E-state index contributed by atoms with van der Waals surface area (Å²) in [6.07, 6.45) is 0. The summed E-state index contributed by atoms with van der Waals surface area (Å²) >= 11 is 0. The Balaban J connectivity index is 1.22. The molecule has 7 rings (SSSR count). The number of hydrogen-bond donors (Lipinski definition) is 0. The van der Waals surface area contributed by atoms with Gasteiger partial charge in [-0.1, -0.05) is 41.6 Å². The maximum absolute atomic E-state index is 15.0. The molecule has 1 unspecified atom stereocenters. The van der Waals surface area contributed by atoms with Gasteiger partial charge in [0.25, 0.3) is 0 Å². The second kappa shape index (κ2) is 14.6. The lowest BCUT2D eigenvalue weighted by atomic mass is 9.96. The van der Waals surface area contributed by atoms with E-state index in [1.54, 1.807) is 0 Å². The Bertz CT molecular complexity index is 2560. The molecule has 1 fully saturated rings. The largest absolute Gasteiger partial charge is 0.490 e. The Morgan fingerprint density at radius 3 is 1.89 bits per heavy atom. The van der Waals surface area contributed by atoms with Crippen LogP contribution in [0.4, 0.5) is 8.78 Å². The van der Waals surface area contributed by atoms with Gasteiger partial charge in [-0.2, -0.15) is 4.98 Å². The fourth-order valence-electron chi connectivity index (χ4n) is 6.06. The Kier molecular flexibility index (Phi) is 9.58. The summed E-state index contributed by atoms with van der Waals surface area (Å²) in [5, 5.41) is 3.79. The van der Waals surface area contributed by atoms with E-state index in [1.165, 1.54) is 12.1 Å². The third-order valence-corrected chi connectivity index (χ3v) is 8.41. The van der Waals surface area contributed by atoms with Crippen LogP contribution >= 0.6 is 0 Å². The maximum atomic E-state index is 15.0. The molecular weight excluding hydrogens is 702 g/mol. The molecule has 6 aromatic rings. The van der Waals surface area contributed by atoms with Crippen LogP contribution in [0.2, 0.25) is 0 Å². The Labute approximate surface area is 294 Å². The summed E-state index contributed by atoms with van der Waals surface area (Å²) in [4.78, 5) is 72.4. The highest BCUT2D eigenvalue weighted by Crippen LogP contribution is 2.37. The molecule has 0 saturated carbocycles. The number of benzene rings is 3. The Hall–Kier alpha value is -6.59. The standard InChI is InChI=1S/C36H26F2N4O11/c1-48-33-34-31(49-24(43)9-11-26(45)51-34)28(32-35(33)52-27(46)12-10-25(44)50-32)30(47)36-39-23(53-40-36)18-41-13-15-42(16-14-41)29(19-5-3-2-4-6-19)21-8-7-20(37)17-22(21)38/h2-12,17,29H,13-16,18H2,1H3. The molecule has 0 amide bonds. The average Bonchev–Trinajstić information content (AvgIpc) is 3.61. The quantitative estimate of drug-likeness (QED) is 0.206. The van der Waals surface area contributed by atoms with Gasteiger partial charge in [0.1, 0.15) is 17.2 Å². The van der Waals surface area contributed by atoms with E-state index in [-0.39, 0.29) is 12.4 Å². The van der Waals surface area contributed by atoms with Crippen LogP contribution in [0, 0.1) is 11.6 Å². The minimum atomic E-state index is -1.13. The highest BCUT2D eigenvalue weighted by atomic mass is 19.1. The molecule has 1 aliphatic rings. The zero-order valence-corrected chi connectivity index (χ0v) is 27.6. The Morgan fingerprint density at radius 2 is 1.34 bits per heavy atom. The van der Waals surface area contributed by atoms with E-state index >= 15 is 4.39 Å². The molecule has 0 N–H and O–H groups in total. The molecule has 17 heteroatoms. The van der Waals surface area contributed by atoms with Crippen LogP contribution in [-0.2, 0) is 6.54 Å². The number of piperazine rings is 1. The molecule has 0 spiro atoms. The first-order valence-corrected chi connectivity index (χ1v) is 15.9. The van der Waals surface area contributed by atoms with Crippen LogP contribution < -0.4 is 27.2 Å². The van der Waals surface area contributed by atoms with E-state index in [1.807, 2.05) is 35.2 Å². The molecule has 53 heavy (non-hydrogen) atoms. The second-order valence-electron chi connectivity index (χ2n) is 11.7. The number of carbonyl (C=O) groups is 1. The van der Waals surface area contributed by atoms with Crippen LogP contribution in [0.15, 0.2) is 114 Å². The van der Waals surface area contributed by atoms with Gasteiger partial charge in [0.15, 0.2) is 11.2 Å².